The number of hydrogen-bond acceptors (Lipinski definition) is 3. The fourth-order valence-electron chi connectivity index (χ4n) is 1.87. The van der Waals surface area contributed by atoms with E-state index in [0.29, 0.717) is 12.5 Å². The molecule has 0 unspecified atom stereocenters. The van der Waals surface area contributed by atoms with E-state index in [1.807, 2.05) is 0 Å². The van der Waals surface area contributed by atoms with Crippen molar-refractivity contribution in [3.63, 3.8) is 0 Å². The largest absolute Gasteiger partial charge is 0.435 e. The minimum atomic E-state index is -4.58. The van der Waals surface area contributed by atoms with Crippen LogP contribution >= 0.6 is 0 Å². The van der Waals surface area contributed by atoms with Gasteiger partial charge in [-0.2, -0.15) is 18.3 Å². The number of amides is 1. The smallest absolute Gasteiger partial charge is 0.396 e. The first kappa shape index (κ1) is 14.8. The van der Waals surface area contributed by atoms with E-state index in [1.54, 1.807) is 0 Å². The van der Waals surface area contributed by atoms with Gasteiger partial charge >= 0.3 is 6.18 Å². The molecule has 5 nitrogen and oxygen atoms in total. The van der Waals surface area contributed by atoms with Crippen molar-refractivity contribution in [2.24, 2.45) is 5.92 Å². The van der Waals surface area contributed by atoms with Crippen LogP contribution in [0.3, 0.4) is 0 Å². The van der Waals surface area contributed by atoms with Crippen LogP contribution in [0.15, 0.2) is 6.20 Å². The lowest BCUT2D eigenvalue weighted by atomic mass is 10.2. The molecular weight excluding hydrogens is 275 g/mol. The van der Waals surface area contributed by atoms with Gasteiger partial charge in [-0.1, -0.05) is 0 Å². The van der Waals surface area contributed by atoms with Crippen molar-refractivity contribution in [1.82, 2.24) is 15.1 Å². The number of hydrogen-bond donors (Lipinski definition) is 2. The second-order valence-corrected chi connectivity index (χ2v) is 4.92. The van der Waals surface area contributed by atoms with E-state index < -0.39 is 18.5 Å². The molecule has 0 radical (unpaired) electrons. The van der Waals surface area contributed by atoms with Gasteiger partial charge in [0.05, 0.1) is 0 Å². The van der Waals surface area contributed by atoms with Crippen LogP contribution in [0.5, 0.6) is 0 Å². The molecule has 0 saturated heterocycles. The molecule has 1 aliphatic carbocycles. The first-order valence-corrected chi connectivity index (χ1v) is 6.41. The summed E-state index contributed by atoms with van der Waals surface area (Å²) in [6, 6.07) is 0. The monoisotopic (exact) mass is 291 g/mol. The van der Waals surface area contributed by atoms with Crippen LogP contribution in [0.25, 0.3) is 0 Å². The van der Waals surface area contributed by atoms with Crippen molar-refractivity contribution in [1.29, 1.82) is 0 Å². The van der Waals surface area contributed by atoms with Gasteiger partial charge in [-0.25, -0.2) is 0 Å². The van der Waals surface area contributed by atoms with Gasteiger partial charge in [0.2, 0.25) is 5.91 Å². The van der Waals surface area contributed by atoms with Gasteiger partial charge in [-0.3, -0.25) is 9.48 Å². The van der Waals surface area contributed by atoms with E-state index in [1.165, 1.54) is 0 Å². The van der Waals surface area contributed by atoms with Crippen LogP contribution in [0.2, 0.25) is 0 Å². The maximum Gasteiger partial charge on any atom is 0.435 e. The number of aliphatic hydroxyl groups is 1. The third kappa shape index (κ3) is 3.96. The molecule has 20 heavy (non-hydrogen) atoms. The van der Waals surface area contributed by atoms with Crippen molar-refractivity contribution in [3.8, 4) is 0 Å². The average molecular weight is 291 g/mol. The molecule has 1 fully saturated rings. The Labute approximate surface area is 113 Å². The molecule has 1 aliphatic rings. The molecule has 1 saturated carbocycles. The molecule has 0 spiro atoms. The average Bonchev–Trinajstić information content (AvgIpc) is 3.08. The van der Waals surface area contributed by atoms with Crippen molar-refractivity contribution >= 4 is 5.91 Å². The highest BCUT2D eigenvalue weighted by atomic mass is 19.4. The lowest BCUT2D eigenvalue weighted by molar-refractivity contribution is -0.142. The van der Waals surface area contributed by atoms with E-state index in [0.717, 1.165) is 23.7 Å². The number of aromatic nitrogens is 2. The SMILES string of the molecule is O=C(Cn1cc(CCO)c(C(F)(F)F)n1)NCC1CC1. The Morgan fingerprint density at radius 1 is 1.50 bits per heavy atom. The summed E-state index contributed by atoms with van der Waals surface area (Å²) in [6.45, 7) is -0.0837. The number of halogens is 3. The zero-order valence-corrected chi connectivity index (χ0v) is 10.8. The molecule has 0 bridgehead atoms. The number of rotatable bonds is 6. The summed E-state index contributed by atoms with van der Waals surface area (Å²) in [5, 5.41) is 14.8. The van der Waals surface area contributed by atoms with E-state index in [9.17, 15) is 18.0 Å². The lowest BCUT2D eigenvalue weighted by Crippen LogP contribution is -2.29. The van der Waals surface area contributed by atoms with Gasteiger partial charge in [0.1, 0.15) is 6.54 Å². The lowest BCUT2D eigenvalue weighted by Gasteiger charge is -2.05. The van der Waals surface area contributed by atoms with Crippen molar-refractivity contribution in [2.45, 2.75) is 32.0 Å². The topological polar surface area (TPSA) is 67.2 Å². The van der Waals surface area contributed by atoms with E-state index >= 15 is 0 Å². The van der Waals surface area contributed by atoms with Crippen molar-refractivity contribution in [2.75, 3.05) is 13.2 Å². The van der Waals surface area contributed by atoms with Crippen LogP contribution < -0.4 is 5.32 Å². The maximum atomic E-state index is 12.7. The molecule has 0 aliphatic heterocycles. The molecule has 8 heteroatoms. The first-order chi connectivity index (χ1) is 9.40. The van der Waals surface area contributed by atoms with Gasteiger partial charge in [0, 0.05) is 24.9 Å². The standard InChI is InChI=1S/C12H16F3N3O2/c13-12(14,15)11-9(3-4-19)6-18(17-11)7-10(20)16-5-8-1-2-8/h6,8,19H,1-5,7H2,(H,16,20). The maximum absolute atomic E-state index is 12.7. The molecule has 2 N–H and O–H groups in total. The first-order valence-electron chi connectivity index (χ1n) is 6.41. The van der Waals surface area contributed by atoms with Crippen molar-refractivity contribution in [3.05, 3.63) is 17.5 Å². The fourth-order valence-corrected chi connectivity index (χ4v) is 1.87. The highest BCUT2D eigenvalue weighted by molar-refractivity contribution is 5.75. The van der Waals surface area contributed by atoms with Gasteiger partial charge < -0.3 is 10.4 Å². The van der Waals surface area contributed by atoms with Crippen LogP contribution in [0, 0.1) is 5.92 Å². The summed E-state index contributed by atoms with van der Waals surface area (Å²) in [4.78, 5) is 11.6. The Morgan fingerprint density at radius 3 is 2.75 bits per heavy atom. The normalized spacial score (nSPS) is 15.4. The third-order valence-electron chi connectivity index (χ3n) is 3.08. The second kappa shape index (κ2) is 5.82. The zero-order valence-electron chi connectivity index (χ0n) is 10.8. The molecule has 1 heterocycles. The molecular formula is C12H16F3N3O2. The van der Waals surface area contributed by atoms with Crippen molar-refractivity contribution < 1.29 is 23.1 Å². The van der Waals surface area contributed by atoms with Gasteiger partial charge in [0.15, 0.2) is 5.69 Å². The molecule has 112 valence electrons. The Bertz CT molecular complexity index is 481. The Hall–Kier alpha value is -1.57. The van der Waals surface area contributed by atoms with Crippen LogP contribution in [-0.2, 0) is 23.9 Å². The number of carbonyl (C=O) groups excluding carboxylic acids is 1. The van der Waals surface area contributed by atoms with Gasteiger partial charge in [0.25, 0.3) is 0 Å². The molecule has 1 amide bonds. The summed E-state index contributed by atoms with van der Waals surface area (Å²) in [5.74, 6) is 0.149. The molecule has 1 aromatic rings. The predicted octanol–water partition coefficient (Wildman–Crippen LogP) is 0.963. The van der Waals surface area contributed by atoms with Crippen LogP contribution in [0.4, 0.5) is 13.2 Å². The summed E-state index contributed by atoms with van der Waals surface area (Å²) >= 11 is 0. The zero-order chi connectivity index (χ0) is 14.8. The highest BCUT2D eigenvalue weighted by Gasteiger charge is 2.37. The summed E-state index contributed by atoms with van der Waals surface area (Å²) in [6.07, 6.45) is -1.39. The fraction of sp³-hybridized carbons (Fsp3) is 0.667. The molecule has 0 aromatic carbocycles. The van der Waals surface area contributed by atoms with E-state index in [2.05, 4.69) is 10.4 Å². The van der Waals surface area contributed by atoms with Crippen LogP contribution in [-0.4, -0.2) is 33.9 Å². The number of carbonyl (C=O) groups is 1. The minimum absolute atomic E-state index is 0.102. The molecule has 0 atom stereocenters. The summed E-state index contributed by atoms with van der Waals surface area (Å²) in [5.41, 5.74) is -1.14. The minimum Gasteiger partial charge on any atom is -0.396 e. The van der Waals surface area contributed by atoms with Gasteiger partial charge in [-0.05, 0) is 25.2 Å². The molecule has 1 aromatic heterocycles. The predicted molar refractivity (Wildman–Crippen MR) is 63.8 cm³/mol. The quantitative estimate of drug-likeness (QED) is 0.820. The number of aliphatic hydroxyl groups excluding tert-OH is 1. The van der Waals surface area contributed by atoms with Crippen LogP contribution in [0.1, 0.15) is 24.1 Å². The van der Waals surface area contributed by atoms with E-state index in [-0.39, 0.29) is 24.4 Å². The number of nitrogens with one attached hydrogen (secondary N) is 1. The second-order valence-electron chi connectivity index (χ2n) is 4.92. The molecule has 2 rings (SSSR count). The number of nitrogens with zero attached hydrogens (tertiary/aromatic N) is 2. The Morgan fingerprint density at radius 2 is 2.20 bits per heavy atom. The third-order valence-corrected chi connectivity index (χ3v) is 3.08. The summed E-state index contributed by atoms with van der Waals surface area (Å²) in [7, 11) is 0. The Balaban J connectivity index is 2.01. The van der Waals surface area contributed by atoms with E-state index in [4.69, 9.17) is 5.11 Å². The Kier molecular flexibility index (Phi) is 4.32. The van der Waals surface area contributed by atoms with Gasteiger partial charge in [-0.15, -0.1) is 0 Å². The number of alkyl halides is 3. The summed E-state index contributed by atoms with van der Waals surface area (Å²) < 4.78 is 39.1. The highest BCUT2D eigenvalue weighted by Crippen LogP contribution is 2.31.